The number of aliphatic hydroxyl groups excluding tert-OH is 1. The zero-order valence-corrected chi connectivity index (χ0v) is 13.5. The molecular formula is C14H19BrN2O4. The third kappa shape index (κ3) is 3.93. The van der Waals surface area contributed by atoms with Crippen molar-refractivity contribution < 1.29 is 14.8 Å². The van der Waals surface area contributed by atoms with Crippen LogP contribution in [0.4, 0.5) is 11.4 Å². The molecule has 1 N–H and O–H groups in total. The third-order valence-electron chi connectivity index (χ3n) is 3.69. The fraction of sp³-hybridized carbons (Fsp3) is 0.571. The Morgan fingerprint density at radius 2 is 2.14 bits per heavy atom. The highest BCUT2D eigenvalue weighted by atomic mass is 79.9. The molecule has 6 nitrogen and oxygen atoms in total. The molecule has 0 atom stereocenters. The Labute approximate surface area is 132 Å². The van der Waals surface area contributed by atoms with Crippen LogP contribution >= 0.6 is 15.9 Å². The van der Waals surface area contributed by atoms with E-state index in [4.69, 9.17) is 9.84 Å². The van der Waals surface area contributed by atoms with Crippen LogP contribution in [0.5, 0.6) is 0 Å². The fourth-order valence-corrected chi connectivity index (χ4v) is 3.16. The molecule has 0 aliphatic carbocycles. The first-order valence-electron chi connectivity index (χ1n) is 6.95. The highest BCUT2D eigenvalue weighted by molar-refractivity contribution is 9.10. The van der Waals surface area contributed by atoms with Crippen LogP contribution in [0.1, 0.15) is 18.4 Å². The molecule has 2 rings (SSSR count). The lowest BCUT2D eigenvalue weighted by molar-refractivity contribution is -0.385. The number of piperidine rings is 1. The maximum atomic E-state index is 10.9. The van der Waals surface area contributed by atoms with E-state index in [0.717, 1.165) is 36.1 Å². The maximum absolute atomic E-state index is 10.9. The van der Waals surface area contributed by atoms with Crippen molar-refractivity contribution in [3.63, 3.8) is 0 Å². The van der Waals surface area contributed by atoms with E-state index in [2.05, 4.69) is 20.8 Å². The van der Waals surface area contributed by atoms with Gasteiger partial charge in [-0.1, -0.05) is 0 Å². The smallest absolute Gasteiger partial charge is 0.273 e. The molecular weight excluding hydrogens is 340 g/mol. The molecule has 1 heterocycles. The van der Waals surface area contributed by atoms with Crippen LogP contribution < -0.4 is 4.90 Å². The largest absolute Gasteiger partial charge is 0.394 e. The van der Waals surface area contributed by atoms with E-state index < -0.39 is 0 Å². The van der Waals surface area contributed by atoms with Gasteiger partial charge in [-0.15, -0.1) is 0 Å². The number of rotatable bonds is 5. The average Bonchev–Trinajstić information content (AvgIpc) is 2.47. The van der Waals surface area contributed by atoms with Crippen molar-refractivity contribution in [1.82, 2.24) is 0 Å². The number of aryl methyl sites for hydroxylation is 1. The lowest BCUT2D eigenvalue weighted by Crippen LogP contribution is -2.37. The second-order valence-electron chi connectivity index (χ2n) is 5.13. The highest BCUT2D eigenvalue weighted by Crippen LogP contribution is 2.34. The number of nitrogens with zero attached hydrogens (tertiary/aromatic N) is 2. The second-order valence-corrected chi connectivity index (χ2v) is 5.98. The van der Waals surface area contributed by atoms with Gasteiger partial charge in [0.2, 0.25) is 0 Å². The molecule has 0 bridgehead atoms. The van der Waals surface area contributed by atoms with Crippen molar-refractivity contribution >= 4 is 27.3 Å². The number of nitro benzene ring substituents is 1. The van der Waals surface area contributed by atoms with E-state index in [-0.39, 0.29) is 23.3 Å². The zero-order valence-electron chi connectivity index (χ0n) is 11.9. The Morgan fingerprint density at radius 3 is 2.71 bits per heavy atom. The van der Waals surface area contributed by atoms with E-state index in [9.17, 15) is 10.1 Å². The summed E-state index contributed by atoms with van der Waals surface area (Å²) in [5, 5.41) is 19.7. The molecule has 1 aliphatic heterocycles. The van der Waals surface area contributed by atoms with Gasteiger partial charge in [-0.05, 0) is 41.8 Å². The van der Waals surface area contributed by atoms with E-state index in [1.165, 1.54) is 0 Å². The molecule has 21 heavy (non-hydrogen) atoms. The van der Waals surface area contributed by atoms with Gasteiger partial charge < -0.3 is 14.7 Å². The number of halogens is 1. The summed E-state index contributed by atoms with van der Waals surface area (Å²) in [6.07, 6.45) is 1.97. The van der Waals surface area contributed by atoms with Crippen molar-refractivity contribution in [3.05, 3.63) is 32.3 Å². The molecule has 1 saturated heterocycles. The van der Waals surface area contributed by atoms with Gasteiger partial charge in [0.25, 0.3) is 5.69 Å². The molecule has 1 aromatic rings. The number of anilines is 1. The van der Waals surface area contributed by atoms with E-state index >= 15 is 0 Å². The van der Waals surface area contributed by atoms with E-state index in [0.29, 0.717) is 12.2 Å². The minimum absolute atomic E-state index is 0.0489. The monoisotopic (exact) mass is 358 g/mol. The number of aliphatic hydroxyl groups is 1. The third-order valence-corrected chi connectivity index (χ3v) is 4.32. The maximum Gasteiger partial charge on any atom is 0.273 e. The SMILES string of the molecule is Cc1cc(N2CCC(OCCO)CC2)c(Br)cc1[N+](=O)[O-]. The summed E-state index contributed by atoms with van der Waals surface area (Å²) in [4.78, 5) is 12.8. The van der Waals surface area contributed by atoms with Crippen LogP contribution in [-0.2, 0) is 4.74 Å². The quantitative estimate of drug-likeness (QED) is 0.646. The standard InChI is InChI=1S/C14H19BrN2O4/c1-10-8-14(12(15)9-13(10)17(19)20)16-4-2-11(3-5-16)21-7-6-18/h8-9,11,18H,2-7H2,1H3. The Balaban J connectivity index is 2.07. The Kier molecular flexibility index (Phi) is 5.55. The number of hydrogen-bond donors (Lipinski definition) is 1. The van der Waals surface area contributed by atoms with Crippen LogP contribution in [0.25, 0.3) is 0 Å². The fourth-order valence-electron chi connectivity index (χ4n) is 2.58. The number of ether oxygens (including phenoxy) is 1. The van der Waals surface area contributed by atoms with E-state index in [1.54, 1.807) is 13.0 Å². The number of benzene rings is 1. The summed E-state index contributed by atoms with van der Waals surface area (Å²) < 4.78 is 6.29. The Bertz CT molecular complexity index is 516. The van der Waals surface area contributed by atoms with Crippen LogP contribution in [0.15, 0.2) is 16.6 Å². The van der Waals surface area contributed by atoms with Gasteiger partial charge in [0.05, 0.1) is 29.9 Å². The number of nitro groups is 1. The van der Waals surface area contributed by atoms with Gasteiger partial charge in [0, 0.05) is 29.2 Å². The Morgan fingerprint density at radius 1 is 1.48 bits per heavy atom. The predicted octanol–water partition coefficient (Wildman–Crippen LogP) is 2.64. The van der Waals surface area contributed by atoms with Crippen LogP contribution in [0.3, 0.4) is 0 Å². The molecule has 0 aromatic heterocycles. The normalized spacial score (nSPS) is 16.2. The molecule has 1 fully saturated rings. The first-order chi connectivity index (χ1) is 10.0. The summed E-state index contributed by atoms with van der Waals surface area (Å²) in [6, 6.07) is 3.43. The minimum atomic E-state index is -0.362. The van der Waals surface area contributed by atoms with Crippen molar-refractivity contribution in [1.29, 1.82) is 0 Å². The molecule has 0 amide bonds. The minimum Gasteiger partial charge on any atom is -0.394 e. The van der Waals surface area contributed by atoms with Gasteiger partial charge in [0.15, 0.2) is 0 Å². The molecule has 0 unspecified atom stereocenters. The molecule has 0 saturated carbocycles. The summed E-state index contributed by atoms with van der Waals surface area (Å²) in [7, 11) is 0. The van der Waals surface area contributed by atoms with E-state index in [1.807, 2.05) is 6.07 Å². The Hall–Kier alpha value is -1.18. The summed E-state index contributed by atoms with van der Waals surface area (Å²) in [5.41, 5.74) is 1.78. The first kappa shape index (κ1) is 16.2. The van der Waals surface area contributed by atoms with Crippen LogP contribution in [0, 0.1) is 17.0 Å². The van der Waals surface area contributed by atoms with Gasteiger partial charge in [-0.2, -0.15) is 0 Å². The molecule has 1 aromatic carbocycles. The summed E-state index contributed by atoms with van der Waals surface area (Å²) in [5.74, 6) is 0. The predicted molar refractivity (Wildman–Crippen MR) is 83.8 cm³/mol. The lowest BCUT2D eigenvalue weighted by atomic mass is 10.1. The zero-order chi connectivity index (χ0) is 15.4. The first-order valence-corrected chi connectivity index (χ1v) is 7.74. The summed E-state index contributed by atoms with van der Waals surface area (Å²) in [6.45, 7) is 3.86. The molecule has 116 valence electrons. The molecule has 1 aliphatic rings. The lowest BCUT2D eigenvalue weighted by Gasteiger charge is -2.34. The van der Waals surface area contributed by atoms with Gasteiger partial charge in [0.1, 0.15) is 0 Å². The number of hydrogen-bond acceptors (Lipinski definition) is 5. The van der Waals surface area contributed by atoms with Crippen LogP contribution in [-0.4, -0.2) is 42.4 Å². The van der Waals surface area contributed by atoms with Crippen molar-refractivity contribution in [2.75, 3.05) is 31.2 Å². The second kappa shape index (κ2) is 7.20. The van der Waals surface area contributed by atoms with Gasteiger partial charge in [-0.3, -0.25) is 10.1 Å². The topological polar surface area (TPSA) is 75.8 Å². The van der Waals surface area contributed by atoms with Crippen molar-refractivity contribution in [2.24, 2.45) is 0 Å². The highest BCUT2D eigenvalue weighted by Gasteiger charge is 2.23. The average molecular weight is 359 g/mol. The molecule has 0 spiro atoms. The van der Waals surface area contributed by atoms with Crippen molar-refractivity contribution in [3.8, 4) is 0 Å². The van der Waals surface area contributed by atoms with Crippen molar-refractivity contribution in [2.45, 2.75) is 25.9 Å². The molecule has 7 heteroatoms. The summed E-state index contributed by atoms with van der Waals surface area (Å²) >= 11 is 3.43. The van der Waals surface area contributed by atoms with Gasteiger partial charge >= 0.3 is 0 Å². The van der Waals surface area contributed by atoms with Gasteiger partial charge in [-0.25, -0.2) is 0 Å². The van der Waals surface area contributed by atoms with Crippen LogP contribution in [0.2, 0.25) is 0 Å². The molecule has 0 radical (unpaired) electrons.